The van der Waals surface area contributed by atoms with Gasteiger partial charge in [0.25, 0.3) is 0 Å². The van der Waals surface area contributed by atoms with Gasteiger partial charge in [-0.15, -0.1) is 0 Å². The highest BCUT2D eigenvalue weighted by atomic mass is 16.1. The molecule has 19 heavy (non-hydrogen) atoms. The maximum absolute atomic E-state index is 11.9. The Morgan fingerprint density at radius 2 is 1.89 bits per heavy atom. The average molecular weight is 270 g/mol. The fraction of sp³-hybridized carbons (Fsp3) is 0.938. The second-order valence-electron chi connectivity index (χ2n) is 6.52. The van der Waals surface area contributed by atoms with Gasteiger partial charge in [-0.2, -0.15) is 0 Å². The molecule has 0 spiro atoms. The summed E-state index contributed by atoms with van der Waals surface area (Å²) in [7, 11) is 0. The molecule has 0 bridgehead atoms. The van der Waals surface area contributed by atoms with Gasteiger partial charge in [-0.3, -0.25) is 4.79 Å². The van der Waals surface area contributed by atoms with E-state index in [1.165, 1.54) is 25.7 Å². The van der Waals surface area contributed by atoms with Crippen molar-refractivity contribution in [1.82, 2.24) is 5.32 Å². The van der Waals surface area contributed by atoms with E-state index in [1.54, 1.807) is 0 Å². The molecule has 0 aromatic carbocycles. The van der Waals surface area contributed by atoms with Gasteiger partial charge >= 0.3 is 0 Å². The topological polar surface area (TPSA) is 55.1 Å². The highest BCUT2D eigenvalue weighted by molar-refractivity contribution is 5.76. The largest absolute Gasteiger partial charge is 0.354 e. The molecule has 3 nitrogen and oxygen atoms in total. The number of carbonyl (C=O) groups is 1. The van der Waals surface area contributed by atoms with Gasteiger partial charge in [-0.1, -0.05) is 46.5 Å². The first kappa shape index (κ1) is 18.4. The lowest BCUT2D eigenvalue weighted by atomic mass is 9.84. The maximum atomic E-state index is 11.9. The standard InChI is InChI=1S/C16H34N2O/c1-5-6-7-8-9-14(2)18-15(19)10-11-16(3,4)12-13-17/h14H,5-13,17H2,1-4H3,(H,18,19). The number of hydrogen-bond donors (Lipinski definition) is 2. The van der Waals surface area contributed by atoms with E-state index < -0.39 is 0 Å². The molecule has 3 N–H and O–H groups in total. The fourth-order valence-corrected chi connectivity index (χ4v) is 2.26. The van der Waals surface area contributed by atoms with Crippen LogP contribution in [0.25, 0.3) is 0 Å². The van der Waals surface area contributed by atoms with E-state index in [9.17, 15) is 4.79 Å². The van der Waals surface area contributed by atoms with Crippen molar-refractivity contribution in [2.24, 2.45) is 11.1 Å². The SMILES string of the molecule is CCCCCCC(C)NC(=O)CCC(C)(C)CCN. The normalized spacial score (nSPS) is 13.3. The molecule has 1 unspecified atom stereocenters. The first-order chi connectivity index (χ1) is 8.91. The zero-order valence-electron chi connectivity index (χ0n) is 13.4. The van der Waals surface area contributed by atoms with Crippen molar-refractivity contribution in [3.63, 3.8) is 0 Å². The van der Waals surface area contributed by atoms with Crippen LogP contribution in [0.5, 0.6) is 0 Å². The minimum atomic E-state index is 0.177. The zero-order chi connectivity index (χ0) is 14.7. The van der Waals surface area contributed by atoms with Crippen molar-refractivity contribution in [2.45, 2.75) is 85.1 Å². The first-order valence-corrected chi connectivity index (χ1v) is 7.90. The minimum absolute atomic E-state index is 0.177. The molecule has 0 radical (unpaired) electrons. The Bertz CT molecular complexity index is 239. The molecule has 0 aromatic heterocycles. The first-order valence-electron chi connectivity index (χ1n) is 7.90. The summed E-state index contributed by atoms with van der Waals surface area (Å²) < 4.78 is 0. The molecule has 0 rings (SSSR count). The molecule has 0 heterocycles. The lowest BCUT2D eigenvalue weighted by Crippen LogP contribution is -2.33. The molecule has 0 saturated heterocycles. The second-order valence-corrected chi connectivity index (χ2v) is 6.52. The third-order valence-electron chi connectivity index (χ3n) is 3.75. The van der Waals surface area contributed by atoms with Gasteiger partial charge in [0.05, 0.1) is 0 Å². The lowest BCUT2D eigenvalue weighted by Gasteiger charge is -2.24. The van der Waals surface area contributed by atoms with Crippen LogP contribution in [0, 0.1) is 5.41 Å². The van der Waals surface area contributed by atoms with Crippen molar-refractivity contribution in [3.8, 4) is 0 Å². The van der Waals surface area contributed by atoms with E-state index >= 15 is 0 Å². The van der Waals surface area contributed by atoms with Crippen molar-refractivity contribution >= 4 is 5.91 Å². The van der Waals surface area contributed by atoms with E-state index in [4.69, 9.17) is 5.73 Å². The Kier molecular flexibility index (Phi) is 9.94. The number of carbonyl (C=O) groups excluding carboxylic acids is 1. The molecule has 1 amide bonds. The summed E-state index contributed by atoms with van der Waals surface area (Å²) in [5.41, 5.74) is 5.76. The zero-order valence-corrected chi connectivity index (χ0v) is 13.4. The Hall–Kier alpha value is -0.570. The number of hydrogen-bond acceptors (Lipinski definition) is 2. The number of nitrogens with one attached hydrogen (secondary N) is 1. The molecule has 3 heteroatoms. The molecular weight excluding hydrogens is 236 g/mol. The molecule has 0 aromatic rings. The molecule has 0 aliphatic heterocycles. The molecule has 114 valence electrons. The Morgan fingerprint density at radius 1 is 1.21 bits per heavy atom. The van der Waals surface area contributed by atoms with Crippen molar-refractivity contribution in [3.05, 3.63) is 0 Å². The monoisotopic (exact) mass is 270 g/mol. The van der Waals surface area contributed by atoms with Crippen LogP contribution in [0.2, 0.25) is 0 Å². The second kappa shape index (κ2) is 10.2. The molecule has 0 aliphatic carbocycles. The summed E-state index contributed by atoms with van der Waals surface area (Å²) in [6.45, 7) is 9.38. The summed E-state index contributed by atoms with van der Waals surface area (Å²) in [6.07, 6.45) is 8.66. The minimum Gasteiger partial charge on any atom is -0.354 e. The van der Waals surface area contributed by atoms with Crippen molar-refractivity contribution < 1.29 is 4.79 Å². The molecule has 0 saturated carbocycles. The van der Waals surface area contributed by atoms with Gasteiger partial charge in [0, 0.05) is 12.5 Å². The smallest absolute Gasteiger partial charge is 0.220 e. The summed E-state index contributed by atoms with van der Waals surface area (Å²) in [5.74, 6) is 0.188. The molecule has 0 aliphatic rings. The summed E-state index contributed by atoms with van der Waals surface area (Å²) >= 11 is 0. The Balaban J connectivity index is 3.73. The van der Waals surface area contributed by atoms with Crippen LogP contribution in [0.15, 0.2) is 0 Å². The summed E-state index contributed by atoms with van der Waals surface area (Å²) in [6, 6.07) is 0.307. The summed E-state index contributed by atoms with van der Waals surface area (Å²) in [4.78, 5) is 11.9. The molecule has 1 atom stereocenters. The maximum Gasteiger partial charge on any atom is 0.220 e. The van der Waals surface area contributed by atoms with Gasteiger partial charge in [-0.25, -0.2) is 0 Å². The predicted octanol–water partition coefficient (Wildman–Crippen LogP) is 3.62. The summed E-state index contributed by atoms with van der Waals surface area (Å²) in [5, 5.41) is 3.10. The van der Waals surface area contributed by atoms with E-state index in [1.807, 2.05) is 0 Å². The van der Waals surface area contributed by atoms with Crippen molar-refractivity contribution in [1.29, 1.82) is 0 Å². The van der Waals surface area contributed by atoms with Crippen LogP contribution in [0.4, 0.5) is 0 Å². The van der Waals surface area contributed by atoms with E-state index in [0.29, 0.717) is 19.0 Å². The lowest BCUT2D eigenvalue weighted by molar-refractivity contribution is -0.122. The highest BCUT2D eigenvalue weighted by Gasteiger charge is 2.18. The van der Waals surface area contributed by atoms with Crippen LogP contribution >= 0.6 is 0 Å². The number of rotatable bonds is 11. The number of nitrogens with two attached hydrogens (primary N) is 1. The Labute approximate surface area is 119 Å². The van der Waals surface area contributed by atoms with Crippen LogP contribution in [-0.2, 0) is 4.79 Å². The highest BCUT2D eigenvalue weighted by Crippen LogP contribution is 2.25. The quantitative estimate of drug-likeness (QED) is 0.563. The molecular formula is C16H34N2O. The van der Waals surface area contributed by atoms with Crippen LogP contribution in [0.1, 0.15) is 79.1 Å². The van der Waals surface area contributed by atoms with E-state index in [0.717, 1.165) is 19.3 Å². The number of unbranched alkanes of at least 4 members (excludes halogenated alkanes) is 3. The fourth-order valence-electron chi connectivity index (χ4n) is 2.26. The number of amides is 1. The molecule has 0 fully saturated rings. The van der Waals surface area contributed by atoms with Gasteiger partial charge in [0.1, 0.15) is 0 Å². The van der Waals surface area contributed by atoms with Gasteiger partial charge < -0.3 is 11.1 Å². The van der Waals surface area contributed by atoms with E-state index in [-0.39, 0.29) is 11.3 Å². The Morgan fingerprint density at radius 3 is 2.47 bits per heavy atom. The van der Waals surface area contributed by atoms with Crippen LogP contribution < -0.4 is 11.1 Å². The van der Waals surface area contributed by atoms with Crippen LogP contribution in [0.3, 0.4) is 0 Å². The average Bonchev–Trinajstić information content (AvgIpc) is 2.32. The third kappa shape index (κ3) is 11.0. The van der Waals surface area contributed by atoms with Gasteiger partial charge in [0.2, 0.25) is 5.91 Å². The van der Waals surface area contributed by atoms with Crippen LogP contribution in [-0.4, -0.2) is 18.5 Å². The van der Waals surface area contributed by atoms with E-state index in [2.05, 4.69) is 33.0 Å². The van der Waals surface area contributed by atoms with Crippen molar-refractivity contribution in [2.75, 3.05) is 6.54 Å². The third-order valence-corrected chi connectivity index (χ3v) is 3.75. The van der Waals surface area contributed by atoms with Gasteiger partial charge in [-0.05, 0) is 38.1 Å². The predicted molar refractivity (Wildman–Crippen MR) is 83.1 cm³/mol. The van der Waals surface area contributed by atoms with Gasteiger partial charge in [0.15, 0.2) is 0 Å².